The highest BCUT2D eigenvalue weighted by Crippen LogP contribution is 2.29. The van der Waals surface area contributed by atoms with Crippen LogP contribution in [0.25, 0.3) is 0 Å². The van der Waals surface area contributed by atoms with E-state index in [1.54, 1.807) is 4.90 Å². The van der Waals surface area contributed by atoms with Crippen molar-refractivity contribution < 1.29 is 9.90 Å². The zero-order valence-electron chi connectivity index (χ0n) is 7.66. The highest BCUT2D eigenvalue weighted by Gasteiger charge is 2.31. The Balaban J connectivity index is 2.16. The van der Waals surface area contributed by atoms with Gasteiger partial charge in [-0.1, -0.05) is 11.6 Å². The smallest absolute Gasteiger partial charge is 0.265 e. The van der Waals surface area contributed by atoms with Gasteiger partial charge in [0.15, 0.2) is 0 Å². The monoisotopic (exact) mass is 231 g/mol. The Bertz CT molecular complexity index is 371. The van der Waals surface area contributed by atoms with Crippen LogP contribution >= 0.6 is 22.9 Å². The summed E-state index contributed by atoms with van der Waals surface area (Å²) in [5.41, 5.74) is 0.932. The maximum atomic E-state index is 11.7. The van der Waals surface area contributed by atoms with E-state index in [9.17, 15) is 4.79 Å². The molecule has 14 heavy (non-hydrogen) atoms. The van der Waals surface area contributed by atoms with Gasteiger partial charge in [-0.25, -0.2) is 0 Å². The van der Waals surface area contributed by atoms with Crippen LogP contribution in [0.5, 0.6) is 0 Å². The van der Waals surface area contributed by atoms with Crippen LogP contribution in [-0.4, -0.2) is 35.1 Å². The molecule has 1 aromatic heterocycles. The second-order valence-corrected chi connectivity index (χ2v) is 4.68. The number of thiophene rings is 1. The fourth-order valence-corrected chi connectivity index (χ4v) is 2.58. The molecule has 1 aromatic rings. The minimum Gasteiger partial charge on any atom is -0.389 e. The Morgan fingerprint density at radius 2 is 2.36 bits per heavy atom. The first-order valence-corrected chi connectivity index (χ1v) is 5.56. The van der Waals surface area contributed by atoms with E-state index in [-0.39, 0.29) is 12.0 Å². The van der Waals surface area contributed by atoms with Gasteiger partial charge >= 0.3 is 0 Å². The van der Waals surface area contributed by atoms with Crippen molar-refractivity contribution in [1.29, 1.82) is 0 Å². The van der Waals surface area contributed by atoms with Crippen molar-refractivity contribution in [2.24, 2.45) is 0 Å². The van der Waals surface area contributed by atoms with Gasteiger partial charge in [0.25, 0.3) is 5.91 Å². The summed E-state index contributed by atoms with van der Waals surface area (Å²) in [6.45, 7) is 2.72. The quantitative estimate of drug-likeness (QED) is 0.796. The number of carbonyl (C=O) groups excluding carboxylic acids is 1. The average molecular weight is 232 g/mol. The van der Waals surface area contributed by atoms with Crippen molar-refractivity contribution >= 4 is 28.8 Å². The van der Waals surface area contributed by atoms with Crippen molar-refractivity contribution in [3.8, 4) is 0 Å². The molecule has 1 aliphatic rings. The fourth-order valence-electron chi connectivity index (χ4n) is 1.34. The zero-order chi connectivity index (χ0) is 10.3. The third-order valence-corrected chi connectivity index (χ3v) is 3.93. The van der Waals surface area contributed by atoms with Gasteiger partial charge in [-0.2, -0.15) is 0 Å². The molecular formula is C9H10ClNO2S. The van der Waals surface area contributed by atoms with Gasteiger partial charge in [0, 0.05) is 13.1 Å². The molecule has 0 radical (unpaired) electrons. The molecule has 1 fully saturated rings. The van der Waals surface area contributed by atoms with E-state index >= 15 is 0 Å². The lowest BCUT2D eigenvalue weighted by Gasteiger charge is -2.35. The second-order valence-electron chi connectivity index (χ2n) is 3.43. The normalized spacial score (nSPS) is 16.9. The van der Waals surface area contributed by atoms with Crippen molar-refractivity contribution in [1.82, 2.24) is 4.90 Å². The standard InChI is InChI=1S/C9H10ClNO2S/c1-5-4-14-8(7(5)10)9(13)11-2-6(12)3-11/h4,6,12H,2-3H2,1H3. The Hall–Kier alpha value is -0.580. The number of aryl methyl sites for hydroxylation is 1. The van der Waals surface area contributed by atoms with Crippen LogP contribution in [-0.2, 0) is 0 Å². The maximum absolute atomic E-state index is 11.7. The summed E-state index contributed by atoms with van der Waals surface area (Å²) in [6, 6.07) is 0. The Morgan fingerprint density at radius 1 is 1.71 bits per heavy atom. The number of hydrogen-bond donors (Lipinski definition) is 1. The van der Waals surface area contributed by atoms with Crippen molar-refractivity contribution in [3.05, 3.63) is 20.8 Å². The van der Waals surface area contributed by atoms with Gasteiger partial charge in [-0.15, -0.1) is 11.3 Å². The lowest BCUT2D eigenvalue weighted by molar-refractivity contribution is 0.00623. The molecule has 1 amide bonds. The van der Waals surface area contributed by atoms with Gasteiger partial charge in [-0.3, -0.25) is 4.79 Å². The second kappa shape index (κ2) is 3.53. The summed E-state index contributed by atoms with van der Waals surface area (Å²) < 4.78 is 0. The molecule has 0 aliphatic carbocycles. The van der Waals surface area contributed by atoms with Crippen molar-refractivity contribution in [3.63, 3.8) is 0 Å². The van der Waals surface area contributed by atoms with Gasteiger partial charge < -0.3 is 10.0 Å². The SMILES string of the molecule is Cc1csc(C(=O)N2CC(O)C2)c1Cl. The molecule has 1 saturated heterocycles. The van der Waals surface area contributed by atoms with Crippen molar-refractivity contribution in [2.45, 2.75) is 13.0 Å². The Labute approximate surface area is 90.9 Å². The topological polar surface area (TPSA) is 40.5 Å². The van der Waals surface area contributed by atoms with Crippen LogP contribution in [0.1, 0.15) is 15.2 Å². The predicted octanol–water partition coefficient (Wildman–Crippen LogP) is 1.53. The highest BCUT2D eigenvalue weighted by molar-refractivity contribution is 7.13. The number of aliphatic hydroxyl groups is 1. The summed E-state index contributed by atoms with van der Waals surface area (Å²) in [5.74, 6) is -0.0709. The number of amides is 1. The summed E-state index contributed by atoms with van der Waals surface area (Å²) in [7, 11) is 0. The minimum absolute atomic E-state index is 0.0709. The Kier molecular flexibility index (Phi) is 2.51. The number of nitrogens with zero attached hydrogens (tertiary/aromatic N) is 1. The largest absolute Gasteiger partial charge is 0.389 e. The van der Waals surface area contributed by atoms with E-state index in [1.807, 2.05) is 12.3 Å². The molecule has 5 heteroatoms. The molecule has 0 bridgehead atoms. The average Bonchev–Trinajstić information content (AvgIpc) is 2.42. The lowest BCUT2D eigenvalue weighted by atomic mass is 10.1. The maximum Gasteiger partial charge on any atom is 0.265 e. The summed E-state index contributed by atoms with van der Waals surface area (Å²) in [4.78, 5) is 13.9. The van der Waals surface area contributed by atoms with Crippen molar-refractivity contribution in [2.75, 3.05) is 13.1 Å². The van der Waals surface area contributed by atoms with E-state index in [0.29, 0.717) is 23.0 Å². The molecule has 1 N–H and O–H groups in total. The first kappa shape index (κ1) is 9.96. The lowest BCUT2D eigenvalue weighted by Crippen LogP contribution is -2.53. The van der Waals surface area contributed by atoms with Crippen LogP contribution in [0.4, 0.5) is 0 Å². The molecule has 2 heterocycles. The fraction of sp³-hybridized carbons (Fsp3) is 0.444. The molecule has 1 aliphatic heterocycles. The molecule has 3 nitrogen and oxygen atoms in total. The summed E-state index contributed by atoms with van der Waals surface area (Å²) >= 11 is 7.32. The van der Waals surface area contributed by atoms with Gasteiger partial charge in [0.2, 0.25) is 0 Å². The molecule has 0 spiro atoms. The van der Waals surface area contributed by atoms with E-state index < -0.39 is 0 Å². The van der Waals surface area contributed by atoms with Crippen LogP contribution < -0.4 is 0 Å². The molecule has 76 valence electrons. The number of hydrogen-bond acceptors (Lipinski definition) is 3. The molecule has 0 atom stereocenters. The van der Waals surface area contributed by atoms with Gasteiger partial charge in [-0.05, 0) is 17.9 Å². The van der Waals surface area contributed by atoms with Gasteiger partial charge in [0.05, 0.1) is 11.1 Å². The molecule has 0 saturated carbocycles. The van der Waals surface area contributed by atoms with Crippen LogP contribution in [0.3, 0.4) is 0 Å². The van der Waals surface area contributed by atoms with E-state index in [1.165, 1.54) is 11.3 Å². The third-order valence-electron chi connectivity index (χ3n) is 2.24. The summed E-state index contributed by atoms with van der Waals surface area (Å²) in [6.07, 6.45) is -0.362. The van der Waals surface area contributed by atoms with E-state index in [0.717, 1.165) is 5.56 Å². The number of rotatable bonds is 1. The van der Waals surface area contributed by atoms with Gasteiger partial charge in [0.1, 0.15) is 4.88 Å². The molecule has 0 aromatic carbocycles. The number of likely N-dealkylation sites (tertiary alicyclic amines) is 1. The van der Waals surface area contributed by atoms with E-state index in [4.69, 9.17) is 16.7 Å². The third kappa shape index (κ3) is 1.54. The molecule has 0 unspecified atom stereocenters. The number of carbonyl (C=O) groups is 1. The van der Waals surface area contributed by atoms with Crippen LogP contribution in [0.15, 0.2) is 5.38 Å². The number of halogens is 1. The summed E-state index contributed by atoms with van der Waals surface area (Å²) in [5, 5.41) is 11.5. The molecular weight excluding hydrogens is 222 g/mol. The number of β-amino-alcohol motifs (C(OH)–C–C–N with tert-alkyl or cyclic N) is 1. The number of aliphatic hydroxyl groups excluding tert-OH is 1. The molecule has 2 rings (SSSR count). The highest BCUT2D eigenvalue weighted by atomic mass is 35.5. The Morgan fingerprint density at radius 3 is 2.79 bits per heavy atom. The first-order chi connectivity index (χ1) is 6.59. The zero-order valence-corrected chi connectivity index (χ0v) is 9.23. The van der Waals surface area contributed by atoms with Crippen LogP contribution in [0, 0.1) is 6.92 Å². The predicted molar refractivity (Wildman–Crippen MR) is 56.0 cm³/mol. The first-order valence-electron chi connectivity index (χ1n) is 4.30. The van der Waals surface area contributed by atoms with E-state index in [2.05, 4.69) is 0 Å². The minimum atomic E-state index is -0.362. The van der Waals surface area contributed by atoms with Crippen LogP contribution in [0.2, 0.25) is 5.02 Å².